The molecule has 254 valence electrons. The molecule has 1 atom stereocenters. The summed E-state index contributed by atoms with van der Waals surface area (Å²) in [4.78, 5) is 28.6. The first-order valence-electron chi connectivity index (χ1n) is 17.4. The molecule has 1 aliphatic heterocycles. The number of carbonyl (C=O) groups excluding carboxylic acids is 2. The Morgan fingerprint density at radius 2 is 1.55 bits per heavy atom. The number of rotatable bonds is 6. The molecule has 51 heavy (non-hydrogen) atoms. The molecule has 0 aromatic heterocycles. The molecule has 5 aromatic carbocycles. The summed E-state index contributed by atoms with van der Waals surface area (Å²) in [6, 6.07) is 35.8. The lowest BCUT2D eigenvalue weighted by molar-refractivity contribution is -0.115. The van der Waals surface area contributed by atoms with Gasteiger partial charge < -0.3 is 10.6 Å². The Morgan fingerprint density at radius 1 is 0.804 bits per heavy atom. The third kappa shape index (κ3) is 7.36. The predicted molar refractivity (Wildman–Crippen MR) is 210 cm³/mol. The number of para-hydroxylation sites is 1. The van der Waals surface area contributed by atoms with Gasteiger partial charge in [-0.3, -0.25) is 14.5 Å². The maximum absolute atomic E-state index is 13.8. The summed E-state index contributed by atoms with van der Waals surface area (Å²) in [6.45, 7) is 0. The smallest absolute Gasteiger partial charge is 0.228 e. The van der Waals surface area contributed by atoms with Gasteiger partial charge in [0.25, 0.3) is 0 Å². The zero-order valence-corrected chi connectivity index (χ0v) is 29.6. The third-order valence-corrected chi connectivity index (χ3v) is 10.0. The van der Waals surface area contributed by atoms with Crippen molar-refractivity contribution in [3.63, 3.8) is 0 Å². The van der Waals surface area contributed by atoms with Gasteiger partial charge in [0.2, 0.25) is 5.91 Å². The molecule has 2 aliphatic carbocycles. The third-order valence-electron chi connectivity index (χ3n) is 9.67. The zero-order chi connectivity index (χ0) is 35.3. The molecular weight excluding hydrogens is 650 g/mol. The molecule has 0 saturated carbocycles. The number of nitrogens with zero attached hydrogens (tertiary/aromatic N) is 1. The first kappa shape index (κ1) is 34.0. The van der Waals surface area contributed by atoms with Crippen LogP contribution in [0.3, 0.4) is 0 Å². The van der Waals surface area contributed by atoms with Gasteiger partial charge in [-0.25, -0.2) is 0 Å². The number of benzene rings is 5. The standard InChI is InChI=1S/C35H31ClN2O2.C10H9N/c1-38(2)32-20-23-8-3-5-10-26(23)29-19-18-27-28(34(29)32)11-7-12-30(27)35(40)22-14-16-25(17-15-22)37-33(39)21-24-9-4-6-13-31(24)36;1-2-7-10-9(5-1)6-3-4-8-11-10/h3-6,8-10,13-20,32H,7,11-12,21H2,1-2H3,(H,37,39);1-8,11H. The summed E-state index contributed by atoms with van der Waals surface area (Å²) in [7, 11) is 4.23. The molecule has 0 bridgehead atoms. The summed E-state index contributed by atoms with van der Waals surface area (Å²) in [5.41, 5.74) is 7.94. The highest BCUT2D eigenvalue weighted by atomic mass is 35.5. The SMILES string of the molecule is C1=CNc2ccccc2C=C1.CN(C)C1C=c2ccccc2=c2ccc3c(c21)CCCC=3C(=O)c1ccc(NC(=O)Cc2ccccc2Cl)cc1. The van der Waals surface area contributed by atoms with E-state index in [1.807, 2.05) is 48.7 Å². The number of carbonyl (C=O) groups is 2. The van der Waals surface area contributed by atoms with Crippen molar-refractivity contribution < 1.29 is 9.59 Å². The summed E-state index contributed by atoms with van der Waals surface area (Å²) in [6.07, 6.45) is 13.2. The highest BCUT2D eigenvalue weighted by molar-refractivity contribution is 6.31. The van der Waals surface area contributed by atoms with E-state index in [0.29, 0.717) is 16.3 Å². The highest BCUT2D eigenvalue weighted by Gasteiger charge is 2.25. The van der Waals surface area contributed by atoms with Crippen LogP contribution in [-0.4, -0.2) is 30.7 Å². The van der Waals surface area contributed by atoms with Crippen LogP contribution in [0.15, 0.2) is 128 Å². The fourth-order valence-corrected chi connectivity index (χ4v) is 7.38. The molecular formula is C45H40ClN3O2. The Kier molecular flexibility index (Phi) is 10.1. The second-order valence-electron chi connectivity index (χ2n) is 13.2. The van der Waals surface area contributed by atoms with Gasteiger partial charge in [0, 0.05) is 33.7 Å². The van der Waals surface area contributed by atoms with E-state index in [0.717, 1.165) is 41.3 Å². The summed E-state index contributed by atoms with van der Waals surface area (Å²) in [5, 5.41) is 11.5. The van der Waals surface area contributed by atoms with Gasteiger partial charge in [0.1, 0.15) is 0 Å². The lowest BCUT2D eigenvalue weighted by Gasteiger charge is -2.29. The van der Waals surface area contributed by atoms with Crippen LogP contribution in [0.2, 0.25) is 5.02 Å². The molecule has 2 N–H and O–H groups in total. The molecule has 5 nitrogen and oxygen atoms in total. The van der Waals surface area contributed by atoms with Crippen molar-refractivity contribution in [1.82, 2.24) is 4.90 Å². The number of ketones is 1. The van der Waals surface area contributed by atoms with Crippen LogP contribution in [0.25, 0.3) is 17.7 Å². The van der Waals surface area contributed by atoms with E-state index in [9.17, 15) is 9.59 Å². The molecule has 3 aliphatic rings. The molecule has 0 fully saturated rings. The van der Waals surface area contributed by atoms with E-state index in [1.165, 1.54) is 32.3 Å². The van der Waals surface area contributed by atoms with Gasteiger partial charge in [0.05, 0.1) is 12.5 Å². The van der Waals surface area contributed by atoms with E-state index in [2.05, 4.69) is 90.3 Å². The van der Waals surface area contributed by atoms with Crippen LogP contribution >= 0.6 is 11.6 Å². The van der Waals surface area contributed by atoms with Crippen LogP contribution in [0, 0.1) is 10.4 Å². The van der Waals surface area contributed by atoms with Crippen molar-refractivity contribution in [1.29, 1.82) is 0 Å². The number of fused-ring (bicyclic) bond motifs is 5. The number of nitrogens with one attached hydrogen (secondary N) is 2. The van der Waals surface area contributed by atoms with Crippen LogP contribution < -0.4 is 21.1 Å². The van der Waals surface area contributed by atoms with Crippen LogP contribution in [0.5, 0.6) is 0 Å². The van der Waals surface area contributed by atoms with Gasteiger partial charge >= 0.3 is 0 Å². The lowest BCUT2D eigenvalue weighted by atomic mass is 9.82. The molecule has 1 heterocycles. The summed E-state index contributed by atoms with van der Waals surface area (Å²) >= 11 is 6.20. The van der Waals surface area contributed by atoms with Crippen molar-refractivity contribution in [3.8, 4) is 0 Å². The topological polar surface area (TPSA) is 61.4 Å². The van der Waals surface area contributed by atoms with E-state index < -0.39 is 0 Å². The van der Waals surface area contributed by atoms with Gasteiger partial charge in [-0.15, -0.1) is 0 Å². The van der Waals surface area contributed by atoms with Crippen molar-refractivity contribution in [2.24, 2.45) is 0 Å². The fraction of sp³-hybridized carbons (Fsp3) is 0.156. The Labute approximate surface area is 303 Å². The lowest BCUT2D eigenvalue weighted by Crippen LogP contribution is -2.31. The minimum Gasteiger partial charge on any atom is -0.361 e. The van der Waals surface area contributed by atoms with Gasteiger partial charge in [-0.2, -0.15) is 0 Å². The molecule has 5 aromatic rings. The van der Waals surface area contributed by atoms with Gasteiger partial charge in [0.15, 0.2) is 5.78 Å². The van der Waals surface area contributed by atoms with Crippen LogP contribution in [0.4, 0.5) is 11.4 Å². The first-order valence-corrected chi connectivity index (χ1v) is 17.7. The largest absolute Gasteiger partial charge is 0.361 e. The zero-order valence-electron chi connectivity index (χ0n) is 28.8. The highest BCUT2D eigenvalue weighted by Crippen LogP contribution is 2.30. The molecule has 1 unspecified atom stereocenters. The minimum atomic E-state index is -0.152. The number of amides is 1. The maximum atomic E-state index is 13.8. The predicted octanol–water partition coefficient (Wildman–Crippen LogP) is 8.21. The minimum absolute atomic E-state index is 0.0523. The quantitative estimate of drug-likeness (QED) is 0.177. The van der Waals surface area contributed by atoms with E-state index >= 15 is 0 Å². The first-order chi connectivity index (χ1) is 24.9. The average Bonchev–Trinajstić information content (AvgIpc) is 3.41. The van der Waals surface area contributed by atoms with Crippen molar-refractivity contribution in [2.75, 3.05) is 24.7 Å². The Hall–Kier alpha value is -5.49. The molecule has 0 saturated heterocycles. The van der Waals surface area contributed by atoms with E-state index in [1.54, 1.807) is 30.3 Å². The van der Waals surface area contributed by atoms with E-state index in [-0.39, 0.29) is 24.2 Å². The fourth-order valence-electron chi connectivity index (χ4n) is 7.18. The second-order valence-corrected chi connectivity index (χ2v) is 13.6. The maximum Gasteiger partial charge on any atom is 0.228 e. The molecule has 6 heteroatoms. The Bertz CT molecular complexity index is 2410. The molecule has 0 radical (unpaired) electrons. The normalized spacial score (nSPS) is 15.1. The number of allylic oxidation sites excluding steroid dienone is 2. The van der Waals surface area contributed by atoms with Crippen LogP contribution in [0.1, 0.15) is 51.5 Å². The van der Waals surface area contributed by atoms with Crippen LogP contribution in [-0.2, 0) is 17.6 Å². The van der Waals surface area contributed by atoms with Crippen molar-refractivity contribution in [2.45, 2.75) is 31.7 Å². The molecule has 8 rings (SSSR count). The van der Waals surface area contributed by atoms with E-state index in [4.69, 9.17) is 11.6 Å². The van der Waals surface area contributed by atoms with Crippen molar-refractivity contribution >= 4 is 52.4 Å². The molecule has 0 spiro atoms. The number of halogens is 1. The molecule has 1 amide bonds. The number of hydrogen-bond acceptors (Lipinski definition) is 4. The van der Waals surface area contributed by atoms with Crippen molar-refractivity contribution in [3.05, 3.63) is 181 Å². The Morgan fingerprint density at radius 3 is 2.37 bits per heavy atom. The van der Waals surface area contributed by atoms with Gasteiger partial charge in [-0.05, 0) is 119 Å². The summed E-state index contributed by atoms with van der Waals surface area (Å²) in [5.74, 6) is -0.0993. The second kappa shape index (κ2) is 15.2. The number of hydrogen-bond donors (Lipinski definition) is 2. The number of Topliss-reactive ketones (excluding diaryl/α,β-unsaturated/α-hetero) is 1. The van der Waals surface area contributed by atoms with Gasteiger partial charge in [-0.1, -0.05) is 103 Å². The average molecular weight is 690 g/mol. The summed E-state index contributed by atoms with van der Waals surface area (Å²) < 4.78 is 0. The monoisotopic (exact) mass is 689 g/mol. The Balaban J connectivity index is 0.000000313. The number of anilines is 2.